The summed E-state index contributed by atoms with van der Waals surface area (Å²) in [5.41, 5.74) is 0.0898. The number of hydrogen-bond donors (Lipinski definition) is 3. The van der Waals surface area contributed by atoms with E-state index in [0.29, 0.717) is 22.7 Å². The number of nitrogens with one attached hydrogen (secondary N) is 3. The fourth-order valence-electron chi connectivity index (χ4n) is 4.76. The number of hydrogen-bond acceptors (Lipinski definition) is 6. The first-order valence-electron chi connectivity index (χ1n) is 9.87. The highest BCUT2D eigenvalue weighted by Gasteiger charge is 2.42. The lowest BCUT2D eigenvalue weighted by molar-refractivity contribution is -0.126. The maximum atomic E-state index is 12.8. The Morgan fingerprint density at radius 1 is 1.04 bits per heavy atom. The molecule has 7 heteroatoms. The third kappa shape index (κ3) is 4.31. The second-order valence-corrected chi connectivity index (χ2v) is 11.4. The Kier molecular flexibility index (Phi) is 6.49. The minimum Gasteiger partial charge on any atom is -0.332 e. The standard InChI is InChI=1S/C18H31N3OS3/c1-23-14-8-4-2-6-11(14)16(22)21-18-20-13(10-24-18)17-19-12-7-3-5-9-15(12)25-17/h11-15,17-20H,2-10H2,1H3,(H,21,22). The molecule has 0 aromatic rings. The van der Waals surface area contributed by atoms with Crippen molar-refractivity contribution in [3.63, 3.8) is 0 Å². The van der Waals surface area contributed by atoms with E-state index in [9.17, 15) is 4.79 Å². The van der Waals surface area contributed by atoms with Gasteiger partial charge in [0, 0.05) is 34.3 Å². The van der Waals surface area contributed by atoms with E-state index in [1.807, 2.05) is 23.5 Å². The molecule has 7 atom stereocenters. The van der Waals surface area contributed by atoms with Crippen LogP contribution in [-0.4, -0.2) is 51.4 Å². The van der Waals surface area contributed by atoms with E-state index in [1.54, 1.807) is 0 Å². The Hall–Kier alpha value is 0.440. The lowest BCUT2D eigenvalue weighted by Crippen LogP contribution is -2.51. The maximum Gasteiger partial charge on any atom is 0.226 e. The number of thioether (sulfide) groups is 3. The van der Waals surface area contributed by atoms with Crippen LogP contribution in [0.5, 0.6) is 0 Å². The molecule has 2 aliphatic heterocycles. The van der Waals surface area contributed by atoms with Crippen molar-refractivity contribution in [3.05, 3.63) is 0 Å². The Morgan fingerprint density at radius 2 is 1.84 bits per heavy atom. The zero-order valence-electron chi connectivity index (χ0n) is 15.0. The molecule has 25 heavy (non-hydrogen) atoms. The van der Waals surface area contributed by atoms with Crippen molar-refractivity contribution in [2.45, 2.75) is 84.8 Å². The molecule has 2 saturated carbocycles. The molecule has 0 radical (unpaired) electrons. The second kappa shape index (κ2) is 8.63. The van der Waals surface area contributed by atoms with E-state index in [4.69, 9.17) is 0 Å². The van der Waals surface area contributed by atoms with Crippen LogP contribution in [0.1, 0.15) is 51.4 Å². The quantitative estimate of drug-likeness (QED) is 0.673. The van der Waals surface area contributed by atoms with Crippen LogP contribution in [0.2, 0.25) is 0 Å². The Labute approximate surface area is 164 Å². The molecule has 2 heterocycles. The Bertz CT molecular complexity index is 466. The highest BCUT2D eigenvalue weighted by atomic mass is 32.2. The van der Waals surface area contributed by atoms with Gasteiger partial charge in [0.05, 0.1) is 5.37 Å². The second-order valence-electron chi connectivity index (χ2n) is 7.81. The Balaban J connectivity index is 1.27. The van der Waals surface area contributed by atoms with Gasteiger partial charge in [0.15, 0.2) is 0 Å². The van der Waals surface area contributed by atoms with Crippen molar-refractivity contribution < 1.29 is 4.79 Å². The van der Waals surface area contributed by atoms with Crippen LogP contribution in [0.15, 0.2) is 0 Å². The number of carbonyl (C=O) groups is 1. The van der Waals surface area contributed by atoms with Crippen molar-refractivity contribution in [3.8, 4) is 0 Å². The van der Waals surface area contributed by atoms with Crippen LogP contribution in [0, 0.1) is 5.92 Å². The lowest BCUT2D eigenvalue weighted by atomic mass is 9.88. The van der Waals surface area contributed by atoms with E-state index in [-0.39, 0.29) is 17.3 Å². The fraction of sp³-hybridized carbons (Fsp3) is 0.944. The summed E-state index contributed by atoms with van der Waals surface area (Å²) >= 11 is 5.88. The van der Waals surface area contributed by atoms with E-state index < -0.39 is 0 Å². The summed E-state index contributed by atoms with van der Waals surface area (Å²) in [6.45, 7) is 0. The molecule has 3 N–H and O–H groups in total. The van der Waals surface area contributed by atoms with Gasteiger partial charge in [-0.05, 0) is 31.9 Å². The average Bonchev–Trinajstić information content (AvgIpc) is 3.28. The first-order chi connectivity index (χ1) is 12.2. The molecule has 142 valence electrons. The average molecular weight is 402 g/mol. The number of fused-ring (bicyclic) bond motifs is 1. The number of amides is 1. The van der Waals surface area contributed by atoms with Crippen molar-refractivity contribution >= 4 is 41.2 Å². The predicted molar refractivity (Wildman–Crippen MR) is 111 cm³/mol. The zero-order chi connectivity index (χ0) is 17.2. The summed E-state index contributed by atoms with van der Waals surface area (Å²) in [5.74, 6) is 1.56. The van der Waals surface area contributed by atoms with E-state index >= 15 is 0 Å². The molecular weight excluding hydrogens is 370 g/mol. The molecular formula is C18H31N3OS3. The largest absolute Gasteiger partial charge is 0.332 e. The number of rotatable bonds is 4. The minimum atomic E-state index is 0.0898. The Morgan fingerprint density at radius 3 is 2.68 bits per heavy atom. The van der Waals surface area contributed by atoms with Crippen LogP contribution < -0.4 is 16.0 Å². The highest BCUT2D eigenvalue weighted by Crippen LogP contribution is 2.39. The lowest BCUT2D eigenvalue weighted by Gasteiger charge is -2.30. The molecule has 4 fully saturated rings. The van der Waals surface area contributed by atoms with Crippen LogP contribution in [-0.2, 0) is 4.79 Å². The molecule has 1 amide bonds. The summed E-state index contributed by atoms with van der Waals surface area (Å²) in [6, 6.07) is 1.18. The summed E-state index contributed by atoms with van der Waals surface area (Å²) in [6.07, 6.45) is 12.4. The van der Waals surface area contributed by atoms with E-state index in [2.05, 4.69) is 34.0 Å². The third-order valence-corrected chi connectivity index (χ3v) is 10.2. The van der Waals surface area contributed by atoms with Gasteiger partial charge in [0.1, 0.15) is 5.50 Å². The maximum absolute atomic E-state index is 12.8. The van der Waals surface area contributed by atoms with Crippen LogP contribution >= 0.6 is 35.3 Å². The first kappa shape index (κ1) is 18.8. The summed E-state index contributed by atoms with van der Waals surface area (Å²) in [5, 5.41) is 12.7. The smallest absolute Gasteiger partial charge is 0.226 e. The monoisotopic (exact) mass is 401 g/mol. The third-order valence-electron chi connectivity index (χ3n) is 6.19. The predicted octanol–water partition coefficient (Wildman–Crippen LogP) is 2.99. The topological polar surface area (TPSA) is 53.2 Å². The molecule has 4 rings (SSSR count). The molecule has 7 unspecified atom stereocenters. The summed E-state index contributed by atoms with van der Waals surface area (Å²) in [4.78, 5) is 12.8. The van der Waals surface area contributed by atoms with Crippen LogP contribution in [0.3, 0.4) is 0 Å². The van der Waals surface area contributed by atoms with Gasteiger partial charge < -0.3 is 10.6 Å². The molecule has 4 nitrogen and oxygen atoms in total. The highest BCUT2D eigenvalue weighted by molar-refractivity contribution is 8.01. The van der Waals surface area contributed by atoms with Gasteiger partial charge in [-0.2, -0.15) is 11.8 Å². The first-order valence-corrected chi connectivity index (χ1v) is 13.1. The zero-order valence-corrected chi connectivity index (χ0v) is 17.5. The van der Waals surface area contributed by atoms with Crippen molar-refractivity contribution in [2.75, 3.05) is 12.0 Å². The van der Waals surface area contributed by atoms with Gasteiger partial charge in [-0.25, -0.2) is 0 Å². The normalized spacial score (nSPS) is 44.4. The van der Waals surface area contributed by atoms with Crippen LogP contribution in [0.25, 0.3) is 0 Å². The van der Waals surface area contributed by atoms with Gasteiger partial charge in [-0.3, -0.25) is 10.1 Å². The molecule has 0 spiro atoms. The fourth-order valence-corrected chi connectivity index (χ4v) is 8.74. The van der Waals surface area contributed by atoms with E-state index in [1.165, 1.54) is 44.9 Å². The van der Waals surface area contributed by atoms with E-state index in [0.717, 1.165) is 17.4 Å². The van der Waals surface area contributed by atoms with Gasteiger partial charge in [-0.1, -0.05) is 25.7 Å². The molecule has 4 aliphatic rings. The van der Waals surface area contributed by atoms with Gasteiger partial charge >= 0.3 is 0 Å². The molecule has 2 saturated heterocycles. The van der Waals surface area contributed by atoms with Crippen molar-refractivity contribution in [1.82, 2.24) is 16.0 Å². The van der Waals surface area contributed by atoms with Crippen molar-refractivity contribution in [2.24, 2.45) is 5.92 Å². The van der Waals surface area contributed by atoms with Crippen LogP contribution in [0.4, 0.5) is 0 Å². The molecule has 0 aromatic heterocycles. The molecule has 0 aromatic carbocycles. The van der Waals surface area contributed by atoms with Crippen molar-refractivity contribution in [1.29, 1.82) is 0 Å². The van der Waals surface area contributed by atoms with Gasteiger partial charge in [-0.15, -0.1) is 23.5 Å². The van der Waals surface area contributed by atoms with Gasteiger partial charge in [0.25, 0.3) is 0 Å². The van der Waals surface area contributed by atoms with Gasteiger partial charge in [0.2, 0.25) is 5.91 Å². The SMILES string of the molecule is CSC1CCCCC1C(=O)NC1NC(C2NC3CCCCC3S2)CS1. The minimum absolute atomic E-state index is 0.0898. The summed E-state index contributed by atoms with van der Waals surface area (Å²) < 4.78 is 0. The molecule has 2 aliphatic carbocycles. The summed E-state index contributed by atoms with van der Waals surface area (Å²) in [7, 11) is 0. The molecule has 0 bridgehead atoms. The number of carbonyl (C=O) groups excluding carboxylic acids is 1.